The maximum Gasteiger partial charge on any atom is 0.153 e. The first-order valence-electron chi connectivity index (χ1n) is 3.33. The molecule has 3 heteroatoms. The molecular weight excluding hydrogens is 176 g/mol. The Morgan fingerprint density at radius 2 is 1.92 bits per heavy atom. The molecule has 1 aromatic rings. The number of hydrogen-bond acceptors (Lipinski definition) is 2. The van der Waals surface area contributed by atoms with Crippen LogP contribution in [0.25, 0.3) is 5.57 Å². The van der Waals surface area contributed by atoms with Gasteiger partial charge in [0.15, 0.2) is 6.29 Å². The van der Waals surface area contributed by atoms with Gasteiger partial charge in [-0.25, -0.2) is 0 Å². The van der Waals surface area contributed by atoms with Gasteiger partial charge in [-0.05, 0) is 17.7 Å². The SMILES string of the molecule is O=CC(=CO)c1ccc(Cl)cc1. The second-order valence-corrected chi connectivity index (χ2v) is 2.65. The van der Waals surface area contributed by atoms with Crippen molar-refractivity contribution < 1.29 is 9.90 Å². The summed E-state index contributed by atoms with van der Waals surface area (Å²) in [5, 5.41) is 9.22. The van der Waals surface area contributed by atoms with E-state index >= 15 is 0 Å². The van der Waals surface area contributed by atoms with Crippen molar-refractivity contribution in [2.24, 2.45) is 0 Å². The number of halogens is 1. The Morgan fingerprint density at radius 3 is 2.33 bits per heavy atom. The third-order valence-corrected chi connectivity index (χ3v) is 1.70. The second kappa shape index (κ2) is 3.93. The van der Waals surface area contributed by atoms with E-state index in [-0.39, 0.29) is 5.57 Å². The molecule has 0 aliphatic heterocycles. The number of benzene rings is 1. The highest BCUT2D eigenvalue weighted by Crippen LogP contribution is 2.15. The Kier molecular flexibility index (Phi) is 2.88. The van der Waals surface area contributed by atoms with E-state index in [4.69, 9.17) is 16.7 Å². The standard InChI is InChI=1S/C9H7ClO2/c10-9-3-1-7(2-4-9)8(5-11)6-12/h1-6,11H. The van der Waals surface area contributed by atoms with Crippen LogP contribution >= 0.6 is 11.6 Å². The minimum absolute atomic E-state index is 0.242. The van der Waals surface area contributed by atoms with Crippen molar-refractivity contribution in [3.8, 4) is 0 Å². The summed E-state index contributed by atoms with van der Waals surface area (Å²) in [6, 6.07) is 6.64. The van der Waals surface area contributed by atoms with Crippen LogP contribution in [0.1, 0.15) is 5.56 Å². The molecule has 0 bridgehead atoms. The molecule has 0 saturated carbocycles. The zero-order valence-corrected chi connectivity index (χ0v) is 6.95. The summed E-state index contributed by atoms with van der Waals surface area (Å²) in [6.07, 6.45) is 1.36. The smallest absolute Gasteiger partial charge is 0.153 e. The number of aliphatic hydroxyl groups excluding tert-OH is 1. The van der Waals surface area contributed by atoms with Crippen LogP contribution in [0.3, 0.4) is 0 Å². The van der Waals surface area contributed by atoms with Gasteiger partial charge in [0.2, 0.25) is 0 Å². The maximum atomic E-state index is 10.4. The van der Waals surface area contributed by atoms with Crippen LogP contribution in [0.4, 0.5) is 0 Å². The van der Waals surface area contributed by atoms with E-state index in [1.807, 2.05) is 0 Å². The van der Waals surface area contributed by atoms with Crippen molar-refractivity contribution in [3.05, 3.63) is 41.1 Å². The van der Waals surface area contributed by atoms with Crippen molar-refractivity contribution >= 4 is 23.5 Å². The summed E-state index contributed by atoms with van der Waals surface area (Å²) in [5.41, 5.74) is 0.892. The summed E-state index contributed by atoms with van der Waals surface area (Å²) < 4.78 is 0. The van der Waals surface area contributed by atoms with E-state index in [1.54, 1.807) is 24.3 Å². The van der Waals surface area contributed by atoms with Crippen molar-refractivity contribution in [3.63, 3.8) is 0 Å². The average molecular weight is 183 g/mol. The number of aldehydes is 1. The van der Waals surface area contributed by atoms with Crippen molar-refractivity contribution in [1.29, 1.82) is 0 Å². The van der Waals surface area contributed by atoms with Gasteiger partial charge in [-0.3, -0.25) is 4.79 Å². The van der Waals surface area contributed by atoms with Gasteiger partial charge in [-0.15, -0.1) is 0 Å². The van der Waals surface area contributed by atoms with Gasteiger partial charge in [0.05, 0.1) is 11.8 Å². The van der Waals surface area contributed by atoms with Crippen molar-refractivity contribution in [2.45, 2.75) is 0 Å². The lowest BCUT2D eigenvalue weighted by atomic mass is 10.1. The number of aliphatic hydroxyl groups is 1. The summed E-state index contributed by atoms with van der Waals surface area (Å²) in [6.45, 7) is 0. The summed E-state index contributed by atoms with van der Waals surface area (Å²) in [5.74, 6) is 0. The van der Waals surface area contributed by atoms with Crippen LogP contribution in [-0.2, 0) is 4.79 Å². The predicted octanol–water partition coefficient (Wildman–Crippen LogP) is 2.44. The molecule has 0 aliphatic carbocycles. The van der Waals surface area contributed by atoms with Gasteiger partial charge in [-0.2, -0.15) is 0 Å². The van der Waals surface area contributed by atoms with Gasteiger partial charge < -0.3 is 5.11 Å². The molecule has 0 spiro atoms. The molecule has 1 rings (SSSR count). The lowest BCUT2D eigenvalue weighted by Gasteiger charge is -1.97. The molecule has 1 N–H and O–H groups in total. The quantitative estimate of drug-likeness (QED) is 0.433. The molecule has 0 heterocycles. The molecule has 0 atom stereocenters. The lowest BCUT2D eigenvalue weighted by molar-refractivity contribution is -0.103. The van der Waals surface area contributed by atoms with E-state index in [0.717, 1.165) is 6.26 Å². The van der Waals surface area contributed by atoms with Crippen LogP contribution < -0.4 is 0 Å². The molecule has 1 aromatic carbocycles. The molecule has 12 heavy (non-hydrogen) atoms. The van der Waals surface area contributed by atoms with E-state index in [0.29, 0.717) is 16.9 Å². The Bertz CT molecular complexity index is 301. The number of allylic oxidation sites excluding steroid dienone is 1. The van der Waals surface area contributed by atoms with Crippen molar-refractivity contribution in [2.75, 3.05) is 0 Å². The minimum Gasteiger partial charge on any atom is -0.515 e. The Hall–Kier alpha value is -1.28. The van der Waals surface area contributed by atoms with Crippen LogP contribution in [0.5, 0.6) is 0 Å². The molecule has 0 aliphatic rings. The van der Waals surface area contributed by atoms with Gasteiger partial charge in [-0.1, -0.05) is 23.7 Å². The Labute approximate surface area is 75.1 Å². The van der Waals surface area contributed by atoms with E-state index < -0.39 is 0 Å². The fourth-order valence-corrected chi connectivity index (χ4v) is 0.941. The zero-order chi connectivity index (χ0) is 8.97. The number of carbonyl (C=O) groups excluding carboxylic acids is 1. The van der Waals surface area contributed by atoms with Crippen LogP contribution in [0, 0.1) is 0 Å². The van der Waals surface area contributed by atoms with E-state index in [1.165, 1.54) is 0 Å². The van der Waals surface area contributed by atoms with Crippen LogP contribution in [0.15, 0.2) is 30.5 Å². The fraction of sp³-hybridized carbons (Fsp3) is 0. The molecule has 0 radical (unpaired) electrons. The number of hydrogen-bond donors (Lipinski definition) is 1. The molecule has 2 nitrogen and oxygen atoms in total. The Balaban J connectivity index is 3.04. The first kappa shape index (κ1) is 8.81. The Morgan fingerprint density at radius 1 is 1.33 bits per heavy atom. The monoisotopic (exact) mass is 182 g/mol. The highest BCUT2D eigenvalue weighted by Gasteiger charge is 1.98. The summed E-state index contributed by atoms with van der Waals surface area (Å²) in [7, 11) is 0. The molecule has 0 aromatic heterocycles. The average Bonchev–Trinajstić information content (AvgIpc) is 2.10. The maximum absolute atomic E-state index is 10.4. The van der Waals surface area contributed by atoms with Crippen LogP contribution in [-0.4, -0.2) is 11.4 Å². The minimum atomic E-state index is 0.242. The number of rotatable bonds is 2. The van der Waals surface area contributed by atoms with Gasteiger partial charge in [0.25, 0.3) is 0 Å². The summed E-state index contributed by atoms with van der Waals surface area (Å²) in [4.78, 5) is 10.4. The highest BCUT2D eigenvalue weighted by atomic mass is 35.5. The molecule has 0 fully saturated rings. The van der Waals surface area contributed by atoms with Gasteiger partial charge >= 0.3 is 0 Å². The molecular formula is C9H7ClO2. The molecule has 0 saturated heterocycles. The van der Waals surface area contributed by atoms with Crippen LogP contribution in [0.2, 0.25) is 5.02 Å². The highest BCUT2D eigenvalue weighted by molar-refractivity contribution is 6.30. The number of carbonyl (C=O) groups is 1. The van der Waals surface area contributed by atoms with E-state index in [2.05, 4.69) is 0 Å². The molecule has 0 amide bonds. The topological polar surface area (TPSA) is 37.3 Å². The molecule has 62 valence electrons. The second-order valence-electron chi connectivity index (χ2n) is 2.21. The zero-order valence-electron chi connectivity index (χ0n) is 6.20. The normalized spacial score (nSPS) is 11.2. The third kappa shape index (κ3) is 1.86. The fourth-order valence-electron chi connectivity index (χ4n) is 0.815. The van der Waals surface area contributed by atoms with Gasteiger partial charge in [0, 0.05) is 5.02 Å². The van der Waals surface area contributed by atoms with Gasteiger partial charge in [0.1, 0.15) is 0 Å². The van der Waals surface area contributed by atoms with E-state index in [9.17, 15) is 4.79 Å². The molecule has 0 unspecified atom stereocenters. The lowest BCUT2D eigenvalue weighted by Crippen LogP contribution is -1.84. The first-order valence-corrected chi connectivity index (χ1v) is 3.71. The van der Waals surface area contributed by atoms with Crippen molar-refractivity contribution in [1.82, 2.24) is 0 Å². The largest absolute Gasteiger partial charge is 0.515 e. The first-order chi connectivity index (χ1) is 5.77. The third-order valence-electron chi connectivity index (χ3n) is 1.44. The predicted molar refractivity (Wildman–Crippen MR) is 48.1 cm³/mol. The summed E-state index contributed by atoms with van der Waals surface area (Å²) >= 11 is 5.63.